The Morgan fingerprint density at radius 1 is 0.886 bits per heavy atom. The van der Waals surface area contributed by atoms with Crippen LogP contribution in [0.25, 0.3) is 0 Å². The molecule has 2 amide bonds. The van der Waals surface area contributed by atoms with Gasteiger partial charge >= 0.3 is 0 Å². The lowest BCUT2D eigenvalue weighted by atomic mass is 9.48. The van der Waals surface area contributed by atoms with E-state index in [1.807, 2.05) is 36.9 Å². The first-order chi connectivity index (χ1) is 16.9. The van der Waals surface area contributed by atoms with Crippen LogP contribution in [-0.2, 0) is 23.2 Å². The van der Waals surface area contributed by atoms with Crippen LogP contribution in [0.2, 0.25) is 0 Å². The highest BCUT2D eigenvalue weighted by atomic mass is 16.2. The van der Waals surface area contributed by atoms with Crippen LogP contribution in [0.15, 0.2) is 48.5 Å². The Kier molecular flexibility index (Phi) is 5.74. The predicted octanol–water partition coefficient (Wildman–Crippen LogP) is 5.49. The molecule has 0 spiro atoms. The van der Waals surface area contributed by atoms with E-state index in [9.17, 15) is 9.59 Å². The fourth-order valence-corrected chi connectivity index (χ4v) is 8.06. The molecule has 1 aliphatic heterocycles. The SMILES string of the molecule is CC(C)[C@@H](NC(=O)c1ccc(C23CC4CC(CC(C4)C2)C3)cc1)C(=O)N1CCc2ccccc2C1. The summed E-state index contributed by atoms with van der Waals surface area (Å²) in [6.07, 6.45) is 9.16. The van der Waals surface area contributed by atoms with E-state index in [1.165, 1.54) is 55.2 Å². The van der Waals surface area contributed by atoms with Gasteiger partial charge in [-0.2, -0.15) is 0 Å². The number of nitrogens with one attached hydrogen (secondary N) is 1. The molecule has 184 valence electrons. The molecule has 1 atom stereocenters. The lowest BCUT2D eigenvalue weighted by Gasteiger charge is -2.57. The van der Waals surface area contributed by atoms with Crippen molar-refractivity contribution in [1.82, 2.24) is 10.2 Å². The molecule has 4 aliphatic carbocycles. The molecule has 7 rings (SSSR count). The summed E-state index contributed by atoms with van der Waals surface area (Å²) in [6, 6.07) is 16.2. The Bertz CT molecular complexity index is 1080. The average molecular weight is 471 g/mol. The Hall–Kier alpha value is -2.62. The van der Waals surface area contributed by atoms with Crippen LogP contribution in [0.3, 0.4) is 0 Å². The van der Waals surface area contributed by atoms with Crippen molar-refractivity contribution in [3.8, 4) is 0 Å². The van der Waals surface area contributed by atoms with Gasteiger partial charge < -0.3 is 10.2 Å². The summed E-state index contributed by atoms with van der Waals surface area (Å²) in [5.74, 6) is 2.62. The third-order valence-corrected chi connectivity index (χ3v) is 9.46. The van der Waals surface area contributed by atoms with Crippen LogP contribution in [0, 0.1) is 23.7 Å². The minimum absolute atomic E-state index is 0.0213. The van der Waals surface area contributed by atoms with Gasteiger partial charge in [-0.15, -0.1) is 0 Å². The van der Waals surface area contributed by atoms with Crippen molar-refractivity contribution in [2.24, 2.45) is 23.7 Å². The molecule has 4 nitrogen and oxygen atoms in total. The normalized spacial score (nSPS) is 29.7. The van der Waals surface area contributed by atoms with Crippen molar-refractivity contribution in [1.29, 1.82) is 0 Å². The quantitative estimate of drug-likeness (QED) is 0.628. The van der Waals surface area contributed by atoms with Crippen LogP contribution < -0.4 is 5.32 Å². The van der Waals surface area contributed by atoms with Gasteiger partial charge in [-0.1, -0.05) is 50.2 Å². The van der Waals surface area contributed by atoms with E-state index in [2.05, 4.69) is 35.6 Å². The number of carbonyl (C=O) groups excluding carboxylic acids is 2. The molecule has 4 bridgehead atoms. The van der Waals surface area contributed by atoms with E-state index >= 15 is 0 Å². The number of benzene rings is 2. The van der Waals surface area contributed by atoms with Crippen molar-refractivity contribution in [2.75, 3.05) is 6.54 Å². The highest BCUT2D eigenvalue weighted by molar-refractivity contribution is 5.97. The van der Waals surface area contributed by atoms with Gasteiger partial charge in [0.15, 0.2) is 0 Å². The van der Waals surface area contributed by atoms with Gasteiger partial charge in [0, 0.05) is 18.7 Å². The second-order valence-electron chi connectivity index (χ2n) is 12.2. The molecule has 1 heterocycles. The Labute approximate surface area is 209 Å². The monoisotopic (exact) mass is 470 g/mol. The number of amides is 2. The highest BCUT2D eigenvalue weighted by Crippen LogP contribution is 2.60. The molecule has 2 aromatic carbocycles. The maximum absolute atomic E-state index is 13.4. The van der Waals surface area contributed by atoms with Gasteiger partial charge in [-0.05, 0) is 103 Å². The van der Waals surface area contributed by atoms with Crippen LogP contribution in [0.5, 0.6) is 0 Å². The molecule has 0 aromatic heterocycles. The first-order valence-electron chi connectivity index (χ1n) is 13.7. The van der Waals surface area contributed by atoms with Gasteiger partial charge in [0.25, 0.3) is 5.91 Å². The first-order valence-corrected chi connectivity index (χ1v) is 13.7. The zero-order valence-electron chi connectivity index (χ0n) is 21.1. The van der Waals surface area contributed by atoms with Gasteiger partial charge in [0.2, 0.25) is 5.91 Å². The van der Waals surface area contributed by atoms with Crippen molar-refractivity contribution >= 4 is 11.8 Å². The van der Waals surface area contributed by atoms with Gasteiger partial charge in [-0.25, -0.2) is 0 Å². The highest BCUT2D eigenvalue weighted by Gasteiger charge is 2.51. The summed E-state index contributed by atoms with van der Waals surface area (Å²) < 4.78 is 0. The van der Waals surface area contributed by atoms with Crippen molar-refractivity contribution in [2.45, 2.75) is 76.8 Å². The fourth-order valence-electron chi connectivity index (χ4n) is 8.06. The summed E-state index contributed by atoms with van der Waals surface area (Å²) in [5.41, 5.74) is 4.95. The third kappa shape index (κ3) is 4.19. The number of hydrogen-bond donors (Lipinski definition) is 1. The topological polar surface area (TPSA) is 49.4 Å². The van der Waals surface area contributed by atoms with Gasteiger partial charge in [-0.3, -0.25) is 9.59 Å². The summed E-state index contributed by atoms with van der Waals surface area (Å²) in [7, 11) is 0. The summed E-state index contributed by atoms with van der Waals surface area (Å²) in [4.78, 5) is 28.6. The van der Waals surface area contributed by atoms with Crippen molar-refractivity contribution < 1.29 is 9.59 Å². The molecule has 0 unspecified atom stereocenters. The van der Waals surface area contributed by atoms with E-state index in [0.717, 1.165) is 24.2 Å². The smallest absolute Gasteiger partial charge is 0.251 e. The second-order valence-corrected chi connectivity index (χ2v) is 12.2. The Morgan fingerprint density at radius 3 is 2.09 bits per heavy atom. The number of carbonyl (C=O) groups is 2. The van der Waals surface area contributed by atoms with E-state index in [-0.39, 0.29) is 17.7 Å². The maximum atomic E-state index is 13.4. The van der Waals surface area contributed by atoms with E-state index in [4.69, 9.17) is 0 Å². The first kappa shape index (κ1) is 22.8. The predicted molar refractivity (Wildman–Crippen MR) is 138 cm³/mol. The van der Waals surface area contributed by atoms with Crippen LogP contribution >= 0.6 is 0 Å². The molecular weight excluding hydrogens is 432 g/mol. The largest absolute Gasteiger partial charge is 0.340 e. The summed E-state index contributed by atoms with van der Waals surface area (Å²) in [6.45, 7) is 5.34. The summed E-state index contributed by atoms with van der Waals surface area (Å²) >= 11 is 0. The fraction of sp³-hybridized carbons (Fsp3) is 0.548. The van der Waals surface area contributed by atoms with Crippen LogP contribution in [-0.4, -0.2) is 29.3 Å². The number of fused-ring (bicyclic) bond motifs is 1. The van der Waals surface area contributed by atoms with Crippen LogP contribution in [0.1, 0.15) is 79.4 Å². The molecule has 4 fully saturated rings. The summed E-state index contributed by atoms with van der Waals surface area (Å²) in [5, 5.41) is 3.08. The second kappa shape index (κ2) is 8.80. The molecule has 4 heteroatoms. The minimum atomic E-state index is -0.518. The molecule has 0 radical (unpaired) electrons. The number of nitrogens with zero attached hydrogens (tertiary/aromatic N) is 1. The van der Waals surface area contributed by atoms with E-state index < -0.39 is 6.04 Å². The maximum Gasteiger partial charge on any atom is 0.251 e. The third-order valence-electron chi connectivity index (χ3n) is 9.46. The molecule has 35 heavy (non-hydrogen) atoms. The van der Waals surface area contributed by atoms with Gasteiger partial charge in [0.1, 0.15) is 6.04 Å². The van der Waals surface area contributed by atoms with E-state index in [1.54, 1.807) is 0 Å². The standard InChI is InChI=1S/C31H38N2O2/c1-20(2)28(30(35)33-12-11-24-5-3-4-6-26(24)19-33)32-29(34)25-7-9-27(10-8-25)31-16-21-13-22(17-31)15-23(14-21)18-31/h3-10,20-23,28H,11-19H2,1-2H3,(H,32,34)/t21?,22?,23?,28-,31?/m1/s1. The lowest BCUT2D eigenvalue weighted by molar-refractivity contribution is -0.135. The molecule has 0 saturated heterocycles. The van der Waals surface area contributed by atoms with Crippen LogP contribution in [0.4, 0.5) is 0 Å². The average Bonchev–Trinajstić information content (AvgIpc) is 2.85. The molecular formula is C31H38N2O2. The molecule has 2 aromatic rings. The van der Waals surface area contributed by atoms with E-state index in [0.29, 0.717) is 24.1 Å². The lowest BCUT2D eigenvalue weighted by Crippen LogP contribution is -2.52. The molecule has 4 saturated carbocycles. The minimum Gasteiger partial charge on any atom is -0.340 e. The zero-order chi connectivity index (χ0) is 24.2. The molecule has 1 N–H and O–H groups in total. The number of rotatable bonds is 5. The number of hydrogen-bond acceptors (Lipinski definition) is 2. The van der Waals surface area contributed by atoms with Crippen molar-refractivity contribution in [3.63, 3.8) is 0 Å². The Morgan fingerprint density at radius 2 is 1.49 bits per heavy atom. The van der Waals surface area contributed by atoms with Gasteiger partial charge in [0.05, 0.1) is 0 Å². The molecule has 5 aliphatic rings. The van der Waals surface area contributed by atoms with Crippen molar-refractivity contribution in [3.05, 3.63) is 70.8 Å². The Balaban J connectivity index is 1.15. The zero-order valence-corrected chi connectivity index (χ0v) is 21.1.